The zero-order valence-corrected chi connectivity index (χ0v) is 17.1. The van der Waals surface area contributed by atoms with E-state index in [0.717, 1.165) is 31.0 Å². The fourth-order valence-electron chi connectivity index (χ4n) is 3.84. The van der Waals surface area contributed by atoms with Crippen molar-refractivity contribution in [3.05, 3.63) is 65.2 Å². The molecule has 0 saturated heterocycles. The zero-order chi connectivity index (χ0) is 20.9. The molecule has 0 aliphatic carbocycles. The number of aliphatic imine (C=N–C) groups is 1. The lowest BCUT2D eigenvalue weighted by Crippen LogP contribution is -2.42. The van der Waals surface area contributed by atoms with Crippen LogP contribution in [0.3, 0.4) is 0 Å². The summed E-state index contributed by atoms with van der Waals surface area (Å²) in [5, 5.41) is 6.57. The summed E-state index contributed by atoms with van der Waals surface area (Å²) < 4.78 is 5.93. The fourth-order valence-corrected chi connectivity index (χ4v) is 3.84. The largest absolute Gasteiger partial charge is 0.488 e. The molecule has 0 bridgehead atoms. The van der Waals surface area contributed by atoms with Crippen molar-refractivity contribution in [2.75, 3.05) is 26.7 Å². The van der Waals surface area contributed by atoms with E-state index in [2.05, 4.69) is 21.7 Å². The Kier molecular flexibility index (Phi) is 5.97. The van der Waals surface area contributed by atoms with E-state index in [-0.39, 0.29) is 17.9 Å². The number of carbonyl (C=O) groups excluding carboxylic acids is 2. The van der Waals surface area contributed by atoms with E-state index < -0.39 is 0 Å². The molecule has 2 amide bonds. The van der Waals surface area contributed by atoms with Gasteiger partial charge in [0, 0.05) is 26.6 Å². The predicted molar refractivity (Wildman–Crippen MR) is 115 cm³/mol. The van der Waals surface area contributed by atoms with Gasteiger partial charge in [0.25, 0.3) is 11.8 Å². The van der Waals surface area contributed by atoms with Gasteiger partial charge in [0.1, 0.15) is 11.9 Å². The summed E-state index contributed by atoms with van der Waals surface area (Å²) in [6.07, 6.45) is 2.53. The normalized spacial score (nSPS) is 17.6. The molecule has 0 spiro atoms. The Hall–Kier alpha value is -3.35. The minimum absolute atomic E-state index is 0.0924. The summed E-state index contributed by atoms with van der Waals surface area (Å²) in [6, 6.07) is 15.1. The Labute approximate surface area is 176 Å². The number of carbonyl (C=O) groups is 2. The molecule has 2 aromatic rings. The molecule has 156 valence electrons. The zero-order valence-electron chi connectivity index (χ0n) is 17.1. The van der Waals surface area contributed by atoms with Crippen LogP contribution < -0.4 is 15.4 Å². The molecule has 7 nitrogen and oxygen atoms in total. The highest BCUT2D eigenvalue weighted by Gasteiger charge is 2.34. The monoisotopic (exact) mass is 406 g/mol. The van der Waals surface area contributed by atoms with Crippen LogP contribution in [0.1, 0.15) is 39.1 Å². The third-order valence-corrected chi connectivity index (χ3v) is 5.41. The highest BCUT2D eigenvalue weighted by atomic mass is 16.5. The second-order valence-electron chi connectivity index (χ2n) is 7.45. The first kappa shape index (κ1) is 19.9. The van der Waals surface area contributed by atoms with Gasteiger partial charge >= 0.3 is 0 Å². The molecular formula is C23H26N4O3. The molecule has 0 radical (unpaired) electrons. The van der Waals surface area contributed by atoms with Crippen molar-refractivity contribution in [1.29, 1.82) is 0 Å². The average molecular weight is 406 g/mol. The smallest absolute Gasteiger partial charge is 0.261 e. The molecule has 0 aromatic heterocycles. The van der Waals surface area contributed by atoms with Crippen LogP contribution in [-0.4, -0.2) is 55.5 Å². The number of rotatable bonds is 7. The van der Waals surface area contributed by atoms with E-state index in [1.54, 1.807) is 31.3 Å². The van der Waals surface area contributed by atoms with E-state index in [0.29, 0.717) is 30.8 Å². The Bertz CT molecular complexity index is 912. The molecule has 0 fully saturated rings. The molecule has 2 N–H and O–H groups in total. The first-order valence-corrected chi connectivity index (χ1v) is 10.3. The van der Waals surface area contributed by atoms with Crippen LogP contribution in [0.2, 0.25) is 0 Å². The van der Waals surface area contributed by atoms with Crippen molar-refractivity contribution >= 4 is 17.8 Å². The first-order valence-electron chi connectivity index (χ1n) is 10.3. The first-order chi connectivity index (χ1) is 14.7. The number of nitrogens with one attached hydrogen (secondary N) is 2. The maximum atomic E-state index is 12.4. The van der Waals surface area contributed by atoms with E-state index in [9.17, 15) is 9.59 Å². The van der Waals surface area contributed by atoms with Gasteiger partial charge < -0.3 is 15.4 Å². The molecule has 1 unspecified atom stereocenters. The number of hydrogen-bond donors (Lipinski definition) is 2. The SMILES string of the molecule is CN=C(NCCCCN1C(=O)c2ccccc2C1=O)NCC1Cc2ccccc2O1. The highest BCUT2D eigenvalue weighted by molar-refractivity contribution is 6.21. The van der Waals surface area contributed by atoms with E-state index >= 15 is 0 Å². The number of para-hydroxylation sites is 1. The van der Waals surface area contributed by atoms with Crippen LogP contribution >= 0.6 is 0 Å². The summed E-state index contributed by atoms with van der Waals surface area (Å²) in [7, 11) is 1.73. The van der Waals surface area contributed by atoms with Gasteiger partial charge in [0.15, 0.2) is 5.96 Å². The van der Waals surface area contributed by atoms with Crippen molar-refractivity contribution in [1.82, 2.24) is 15.5 Å². The third kappa shape index (κ3) is 4.15. The van der Waals surface area contributed by atoms with Gasteiger partial charge in [0.05, 0.1) is 17.7 Å². The molecule has 2 aromatic carbocycles. The topological polar surface area (TPSA) is 83.0 Å². The fraction of sp³-hybridized carbons (Fsp3) is 0.348. The lowest BCUT2D eigenvalue weighted by atomic mass is 10.1. The molecule has 2 aliphatic heterocycles. The Morgan fingerprint density at radius 1 is 1.03 bits per heavy atom. The van der Waals surface area contributed by atoms with Crippen molar-refractivity contribution in [3.8, 4) is 5.75 Å². The van der Waals surface area contributed by atoms with Crippen LogP contribution in [0.5, 0.6) is 5.75 Å². The summed E-state index contributed by atoms with van der Waals surface area (Å²) in [4.78, 5) is 30.3. The van der Waals surface area contributed by atoms with Crippen LogP contribution in [0.25, 0.3) is 0 Å². The number of benzene rings is 2. The third-order valence-electron chi connectivity index (χ3n) is 5.41. The van der Waals surface area contributed by atoms with Gasteiger partial charge in [-0.3, -0.25) is 19.5 Å². The predicted octanol–water partition coefficient (Wildman–Crippen LogP) is 2.23. The van der Waals surface area contributed by atoms with Gasteiger partial charge in [-0.15, -0.1) is 0 Å². The second-order valence-corrected chi connectivity index (χ2v) is 7.45. The highest BCUT2D eigenvalue weighted by Crippen LogP contribution is 2.27. The van der Waals surface area contributed by atoms with Crippen molar-refractivity contribution in [2.24, 2.45) is 4.99 Å². The number of nitrogens with zero attached hydrogens (tertiary/aromatic N) is 2. The van der Waals surface area contributed by atoms with Gasteiger partial charge in [-0.2, -0.15) is 0 Å². The van der Waals surface area contributed by atoms with Crippen LogP contribution in [0.15, 0.2) is 53.5 Å². The lowest BCUT2D eigenvalue weighted by molar-refractivity contribution is 0.0652. The standard InChI is InChI=1S/C23H26N4O3/c1-24-23(26-15-17-14-16-8-2-5-11-20(16)30-17)25-12-6-7-13-27-21(28)18-9-3-4-10-19(18)22(27)29/h2-5,8-11,17H,6-7,12-15H2,1H3,(H2,24,25,26). The van der Waals surface area contributed by atoms with Crippen LogP contribution in [0.4, 0.5) is 0 Å². The summed E-state index contributed by atoms with van der Waals surface area (Å²) in [6.45, 7) is 1.80. The quantitative estimate of drug-likeness (QED) is 0.319. The number of ether oxygens (including phenoxy) is 1. The van der Waals surface area contributed by atoms with Gasteiger partial charge in [0.2, 0.25) is 0 Å². The molecule has 1 atom stereocenters. The summed E-state index contributed by atoms with van der Waals surface area (Å²) in [5.41, 5.74) is 2.24. The molecule has 4 rings (SSSR count). The van der Waals surface area contributed by atoms with E-state index in [4.69, 9.17) is 4.74 Å². The van der Waals surface area contributed by atoms with Crippen molar-refractivity contribution < 1.29 is 14.3 Å². The molecule has 0 saturated carbocycles. The van der Waals surface area contributed by atoms with Crippen molar-refractivity contribution in [3.63, 3.8) is 0 Å². The van der Waals surface area contributed by atoms with Crippen molar-refractivity contribution in [2.45, 2.75) is 25.4 Å². The number of amides is 2. The average Bonchev–Trinajstić information content (AvgIpc) is 3.30. The second kappa shape index (κ2) is 8.98. The molecular weight excluding hydrogens is 380 g/mol. The summed E-state index contributed by atoms with van der Waals surface area (Å²) >= 11 is 0. The van der Waals surface area contributed by atoms with Gasteiger partial charge in [-0.25, -0.2) is 0 Å². The van der Waals surface area contributed by atoms with Gasteiger partial charge in [-0.1, -0.05) is 30.3 Å². The van der Waals surface area contributed by atoms with Crippen LogP contribution in [0, 0.1) is 0 Å². The molecule has 7 heteroatoms. The molecule has 2 aliphatic rings. The number of unbranched alkanes of at least 4 members (excludes halogenated alkanes) is 1. The number of guanidine groups is 1. The Morgan fingerprint density at radius 3 is 2.43 bits per heavy atom. The van der Waals surface area contributed by atoms with Gasteiger partial charge in [-0.05, 0) is 36.6 Å². The minimum Gasteiger partial charge on any atom is -0.488 e. The number of hydrogen-bond acceptors (Lipinski definition) is 4. The lowest BCUT2D eigenvalue weighted by Gasteiger charge is -2.16. The number of fused-ring (bicyclic) bond motifs is 2. The molecule has 30 heavy (non-hydrogen) atoms. The minimum atomic E-state index is -0.196. The van der Waals surface area contributed by atoms with Crippen LogP contribution in [-0.2, 0) is 6.42 Å². The summed E-state index contributed by atoms with van der Waals surface area (Å²) in [5.74, 6) is 1.29. The Balaban J connectivity index is 1.15. The Morgan fingerprint density at radius 2 is 1.73 bits per heavy atom. The maximum absolute atomic E-state index is 12.4. The molecule has 2 heterocycles. The maximum Gasteiger partial charge on any atom is 0.261 e. The van der Waals surface area contributed by atoms with E-state index in [1.165, 1.54) is 10.5 Å². The number of imide groups is 1. The van der Waals surface area contributed by atoms with E-state index in [1.807, 2.05) is 18.2 Å².